The van der Waals surface area contributed by atoms with Crippen LogP contribution in [0, 0.1) is 0 Å². The summed E-state index contributed by atoms with van der Waals surface area (Å²) in [6, 6.07) is 13.5. The van der Waals surface area contributed by atoms with E-state index >= 15 is 0 Å². The molecule has 2 N–H and O–H groups in total. The second kappa shape index (κ2) is 8.26. The molecule has 126 valence electrons. The van der Waals surface area contributed by atoms with Crippen molar-refractivity contribution in [3.8, 4) is 11.1 Å². The minimum absolute atomic E-state index is 0.0806. The van der Waals surface area contributed by atoms with Gasteiger partial charge in [0.25, 0.3) is 0 Å². The number of benzene rings is 2. The van der Waals surface area contributed by atoms with E-state index in [4.69, 9.17) is 14.9 Å². The number of aromatic carboxylic acids is 1. The first-order valence-corrected chi connectivity index (χ1v) is 7.77. The summed E-state index contributed by atoms with van der Waals surface area (Å²) in [6.45, 7) is 1.88. The van der Waals surface area contributed by atoms with Gasteiger partial charge in [0.15, 0.2) is 0 Å². The third-order valence-corrected chi connectivity index (χ3v) is 3.66. The number of rotatable bonds is 7. The molecule has 24 heavy (non-hydrogen) atoms. The molecular formula is C19H20O5. The second-order valence-corrected chi connectivity index (χ2v) is 5.54. The second-order valence-electron chi connectivity index (χ2n) is 5.54. The van der Waals surface area contributed by atoms with Crippen molar-refractivity contribution < 1.29 is 24.5 Å². The standard InChI is InChI=1S/C19H20O5/c1-13(3-2-12-20)24-19(23)17-10-6-15(7-11-17)14-4-8-16(9-5-14)18(21)22/h4-11,13,20H,2-3,12H2,1H3,(H,21,22). The van der Waals surface area contributed by atoms with Gasteiger partial charge in [-0.05, 0) is 55.2 Å². The Bertz CT molecular complexity index is 689. The first-order chi connectivity index (χ1) is 11.5. The van der Waals surface area contributed by atoms with Crippen LogP contribution in [0.4, 0.5) is 0 Å². The molecule has 0 spiro atoms. The molecule has 5 heteroatoms. The normalized spacial score (nSPS) is 11.8. The maximum Gasteiger partial charge on any atom is 0.338 e. The lowest BCUT2D eigenvalue weighted by Crippen LogP contribution is -2.15. The number of aliphatic hydroxyl groups is 1. The molecule has 2 aromatic carbocycles. The van der Waals surface area contributed by atoms with Gasteiger partial charge >= 0.3 is 11.9 Å². The molecule has 2 aromatic rings. The highest BCUT2D eigenvalue weighted by molar-refractivity contribution is 5.90. The Hall–Kier alpha value is -2.66. The molecule has 0 aromatic heterocycles. The van der Waals surface area contributed by atoms with Crippen molar-refractivity contribution in [2.45, 2.75) is 25.9 Å². The Morgan fingerprint density at radius 2 is 1.46 bits per heavy atom. The molecule has 0 fully saturated rings. The van der Waals surface area contributed by atoms with Crippen LogP contribution in [-0.4, -0.2) is 34.9 Å². The smallest absolute Gasteiger partial charge is 0.338 e. The number of hydrogen-bond acceptors (Lipinski definition) is 4. The number of esters is 1. The summed E-state index contributed by atoms with van der Waals surface area (Å²) in [4.78, 5) is 22.9. The molecular weight excluding hydrogens is 308 g/mol. The average molecular weight is 328 g/mol. The molecule has 1 unspecified atom stereocenters. The maximum atomic E-state index is 12.0. The van der Waals surface area contributed by atoms with E-state index in [1.165, 1.54) is 0 Å². The van der Waals surface area contributed by atoms with Crippen LogP contribution in [0.3, 0.4) is 0 Å². The van der Waals surface area contributed by atoms with Gasteiger partial charge in [0.05, 0.1) is 17.2 Å². The van der Waals surface area contributed by atoms with Crippen molar-refractivity contribution >= 4 is 11.9 Å². The van der Waals surface area contributed by atoms with E-state index in [1.54, 1.807) is 55.5 Å². The van der Waals surface area contributed by atoms with Crippen LogP contribution in [0.15, 0.2) is 48.5 Å². The lowest BCUT2D eigenvalue weighted by Gasteiger charge is -2.12. The van der Waals surface area contributed by atoms with Crippen LogP contribution in [0.2, 0.25) is 0 Å². The number of aliphatic hydroxyl groups excluding tert-OH is 1. The summed E-state index contributed by atoms with van der Waals surface area (Å²) in [5, 5.41) is 17.7. The van der Waals surface area contributed by atoms with E-state index in [2.05, 4.69) is 0 Å². The third kappa shape index (κ3) is 4.67. The summed E-state index contributed by atoms with van der Waals surface area (Å²) in [7, 11) is 0. The fourth-order valence-electron chi connectivity index (χ4n) is 2.29. The molecule has 0 saturated carbocycles. The van der Waals surface area contributed by atoms with Crippen LogP contribution in [0.25, 0.3) is 11.1 Å². The van der Waals surface area contributed by atoms with Crippen LogP contribution in [-0.2, 0) is 4.74 Å². The number of carbonyl (C=O) groups is 2. The highest BCUT2D eigenvalue weighted by Gasteiger charge is 2.12. The van der Waals surface area contributed by atoms with Gasteiger partial charge in [-0.1, -0.05) is 24.3 Å². The van der Waals surface area contributed by atoms with Gasteiger partial charge < -0.3 is 14.9 Å². The topological polar surface area (TPSA) is 83.8 Å². The van der Waals surface area contributed by atoms with E-state index in [0.29, 0.717) is 18.4 Å². The number of hydrogen-bond donors (Lipinski definition) is 2. The van der Waals surface area contributed by atoms with Gasteiger partial charge in [-0.2, -0.15) is 0 Å². The van der Waals surface area contributed by atoms with Gasteiger partial charge in [0.1, 0.15) is 0 Å². The summed E-state index contributed by atoms with van der Waals surface area (Å²) >= 11 is 0. The quantitative estimate of drug-likeness (QED) is 0.761. The SMILES string of the molecule is CC(CCCO)OC(=O)c1ccc(-c2ccc(C(=O)O)cc2)cc1. The summed E-state index contributed by atoms with van der Waals surface area (Å²) in [6.07, 6.45) is 0.976. The lowest BCUT2D eigenvalue weighted by atomic mass is 10.0. The number of carbonyl (C=O) groups excluding carboxylic acids is 1. The van der Waals surface area contributed by atoms with Crippen molar-refractivity contribution in [2.75, 3.05) is 6.61 Å². The summed E-state index contributed by atoms with van der Waals surface area (Å²) in [5.74, 6) is -1.36. The lowest BCUT2D eigenvalue weighted by molar-refractivity contribution is 0.0310. The van der Waals surface area contributed by atoms with Gasteiger partial charge in [-0.25, -0.2) is 9.59 Å². The Morgan fingerprint density at radius 3 is 1.92 bits per heavy atom. The first kappa shape index (κ1) is 17.7. The van der Waals surface area contributed by atoms with Crippen molar-refractivity contribution in [3.05, 3.63) is 59.7 Å². The Morgan fingerprint density at radius 1 is 0.958 bits per heavy atom. The third-order valence-electron chi connectivity index (χ3n) is 3.66. The zero-order valence-corrected chi connectivity index (χ0v) is 13.4. The molecule has 0 saturated heterocycles. The molecule has 0 amide bonds. The average Bonchev–Trinajstić information content (AvgIpc) is 2.60. The Balaban J connectivity index is 2.04. The van der Waals surface area contributed by atoms with E-state index < -0.39 is 11.9 Å². The zero-order valence-electron chi connectivity index (χ0n) is 13.4. The zero-order chi connectivity index (χ0) is 17.5. The predicted molar refractivity (Wildman–Crippen MR) is 90.0 cm³/mol. The molecule has 5 nitrogen and oxygen atoms in total. The van der Waals surface area contributed by atoms with Gasteiger partial charge in [-0.3, -0.25) is 0 Å². The van der Waals surface area contributed by atoms with Crippen LogP contribution in [0.1, 0.15) is 40.5 Å². The van der Waals surface area contributed by atoms with Gasteiger partial charge in [0.2, 0.25) is 0 Å². The molecule has 0 aliphatic carbocycles. The van der Waals surface area contributed by atoms with E-state index in [-0.39, 0.29) is 18.3 Å². The van der Waals surface area contributed by atoms with Crippen LogP contribution < -0.4 is 0 Å². The highest BCUT2D eigenvalue weighted by Crippen LogP contribution is 2.21. The van der Waals surface area contributed by atoms with E-state index in [9.17, 15) is 9.59 Å². The van der Waals surface area contributed by atoms with Crippen LogP contribution >= 0.6 is 0 Å². The molecule has 1 atom stereocenters. The van der Waals surface area contributed by atoms with Crippen molar-refractivity contribution in [2.24, 2.45) is 0 Å². The van der Waals surface area contributed by atoms with Gasteiger partial charge in [0, 0.05) is 6.61 Å². The number of ether oxygens (including phenoxy) is 1. The first-order valence-electron chi connectivity index (χ1n) is 7.77. The molecule has 2 rings (SSSR count). The molecule has 0 radical (unpaired) electrons. The molecule has 0 heterocycles. The summed E-state index contributed by atoms with van der Waals surface area (Å²) < 4.78 is 5.31. The Kier molecular flexibility index (Phi) is 6.09. The highest BCUT2D eigenvalue weighted by atomic mass is 16.5. The van der Waals surface area contributed by atoms with E-state index in [1.807, 2.05) is 0 Å². The maximum absolute atomic E-state index is 12.0. The van der Waals surface area contributed by atoms with Crippen molar-refractivity contribution in [1.82, 2.24) is 0 Å². The largest absolute Gasteiger partial charge is 0.478 e. The van der Waals surface area contributed by atoms with Gasteiger partial charge in [-0.15, -0.1) is 0 Å². The fourth-order valence-corrected chi connectivity index (χ4v) is 2.29. The minimum atomic E-state index is -0.963. The number of carboxylic acids is 1. The Labute approximate surface area is 140 Å². The predicted octanol–water partition coefficient (Wildman–Crippen LogP) is 3.37. The van der Waals surface area contributed by atoms with Crippen molar-refractivity contribution in [3.63, 3.8) is 0 Å². The molecule has 0 bridgehead atoms. The molecule has 0 aliphatic rings. The van der Waals surface area contributed by atoms with Crippen molar-refractivity contribution in [1.29, 1.82) is 0 Å². The summed E-state index contributed by atoms with van der Waals surface area (Å²) in [5.41, 5.74) is 2.45. The fraction of sp³-hybridized carbons (Fsp3) is 0.263. The van der Waals surface area contributed by atoms with E-state index in [0.717, 1.165) is 11.1 Å². The molecule has 0 aliphatic heterocycles. The monoisotopic (exact) mass is 328 g/mol. The minimum Gasteiger partial charge on any atom is -0.478 e. The van der Waals surface area contributed by atoms with Crippen LogP contribution in [0.5, 0.6) is 0 Å². The number of carboxylic acid groups (broad SMARTS) is 1.